The fourth-order valence-electron chi connectivity index (χ4n) is 2.98. The van der Waals surface area contributed by atoms with Gasteiger partial charge in [-0.2, -0.15) is 5.26 Å². The molecule has 0 aromatic heterocycles. The Hall–Kier alpha value is -2.81. The maximum Gasteiger partial charge on any atom is 0.349 e. The van der Waals surface area contributed by atoms with Crippen molar-refractivity contribution in [3.05, 3.63) is 35.4 Å². The van der Waals surface area contributed by atoms with Crippen LogP contribution in [0.2, 0.25) is 0 Å². The predicted octanol–water partition coefficient (Wildman–Crippen LogP) is 2.94. The molecule has 0 saturated heterocycles. The smallest absolute Gasteiger partial charge is 0.349 e. The van der Waals surface area contributed by atoms with Gasteiger partial charge in [-0.05, 0) is 36.6 Å². The molecular weight excluding hydrogens is 332 g/mol. The lowest BCUT2D eigenvalue weighted by molar-refractivity contribution is -0.149. The second-order valence-corrected chi connectivity index (χ2v) is 6.32. The molecule has 6 heteroatoms. The molecule has 1 fully saturated rings. The van der Waals surface area contributed by atoms with Crippen LogP contribution in [0.15, 0.2) is 29.8 Å². The number of esters is 1. The molecule has 0 unspecified atom stereocenters. The Kier molecular flexibility index (Phi) is 7.22. The van der Waals surface area contributed by atoms with Gasteiger partial charge in [-0.15, -0.1) is 0 Å². The minimum absolute atomic E-state index is 0.150. The largest absolute Gasteiger partial charge is 0.497 e. The van der Waals surface area contributed by atoms with Gasteiger partial charge in [-0.3, -0.25) is 4.79 Å². The Morgan fingerprint density at radius 2 is 1.88 bits per heavy atom. The number of carbonyl (C=O) groups excluding carboxylic acids is 2. The molecule has 1 aliphatic rings. The van der Waals surface area contributed by atoms with Gasteiger partial charge < -0.3 is 14.4 Å². The van der Waals surface area contributed by atoms with Gasteiger partial charge in [0.15, 0.2) is 6.61 Å². The van der Waals surface area contributed by atoms with Gasteiger partial charge in [0.25, 0.3) is 5.91 Å². The Balaban J connectivity index is 1.92. The first kappa shape index (κ1) is 19.5. The summed E-state index contributed by atoms with van der Waals surface area (Å²) in [5.74, 6) is -0.361. The van der Waals surface area contributed by atoms with Crippen molar-refractivity contribution in [2.24, 2.45) is 0 Å². The highest BCUT2D eigenvalue weighted by atomic mass is 16.5. The number of nitriles is 1. The van der Waals surface area contributed by atoms with Crippen LogP contribution in [-0.4, -0.2) is 43.6 Å². The number of ether oxygens (including phenoxy) is 2. The van der Waals surface area contributed by atoms with E-state index in [4.69, 9.17) is 9.47 Å². The summed E-state index contributed by atoms with van der Waals surface area (Å²) >= 11 is 0. The summed E-state index contributed by atoms with van der Waals surface area (Å²) in [5, 5.41) is 9.20. The summed E-state index contributed by atoms with van der Waals surface area (Å²) in [6, 6.07) is 8.95. The Labute approximate surface area is 154 Å². The van der Waals surface area contributed by atoms with Crippen LogP contribution in [0.25, 0.3) is 6.08 Å². The third kappa shape index (κ3) is 5.35. The molecule has 1 saturated carbocycles. The van der Waals surface area contributed by atoms with Crippen molar-refractivity contribution in [3.8, 4) is 11.8 Å². The van der Waals surface area contributed by atoms with E-state index in [0.717, 1.165) is 25.7 Å². The van der Waals surface area contributed by atoms with Crippen LogP contribution in [0.1, 0.15) is 37.7 Å². The van der Waals surface area contributed by atoms with Crippen molar-refractivity contribution in [1.82, 2.24) is 4.90 Å². The second kappa shape index (κ2) is 9.62. The average Bonchev–Trinajstić information content (AvgIpc) is 2.70. The molecular formula is C20H24N2O4. The maximum atomic E-state index is 12.2. The standard InChI is InChI=1S/C20H24N2O4/c1-22(17-6-4-3-5-7-17)19(23)14-26-20(24)16(13-21)12-15-8-10-18(25-2)11-9-15/h8-12,17H,3-7,14H2,1-2H3/b16-12-. The molecule has 0 heterocycles. The zero-order valence-corrected chi connectivity index (χ0v) is 15.2. The minimum Gasteiger partial charge on any atom is -0.497 e. The Morgan fingerprint density at radius 1 is 1.23 bits per heavy atom. The Bertz CT molecular complexity index is 698. The van der Waals surface area contributed by atoms with Gasteiger partial charge in [-0.1, -0.05) is 31.4 Å². The number of carbonyl (C=O) groups is 2. The number of amides is 1. The Morgan fingerprint density at radius 3 is 2.46 bits per heavy atom. The average molecular weight is 356 g/mol. The van der Waals surface area contributed by atoms with Crippen molar-refractivity contribution in [1.29, 1.82) is 5.26 Å². The van der Waals surface area contributed by atoms with E-state index in [0.29, 0.717) is 11.3 Å². The number of hydrogen-bond donors (Lipinski definition) is 0. The topological polar surface area (TPSA) is 79.6 Å². The number of likely N-dealkylation sites (N-methyl/N-ethyl adjacent to an activating group) is 1. The van der Waals surface area contributed by atoms with Crippen LogP contribution >= 0.6 is 0 Å². The van der Waals surface area contributed by atoms with Gasteiger partial charge in [-0.25, -0.2) is 4.79 Å². The molecule has 0 aliphatic heterocycles. The van der Waals surface area contributed by atoms with E-state index < -0.39 is 5.97 Å². The van der Waals surface area contributed by atoms with Crippen LogP contribution < -0.4 is 4.74 Å². The van der Waals surface area contributed by atoms with E-state index in [-0.39, 0.29) is 24.1 Å². The first-order valence-corrected chi connectivity index (χ1v) is 8.73. The number of methoxy groups -OCH3 is 1. The lowest BCUT2D eigenvalue weighted by Crippen LogP contribution is -2.40. The molecule has 2 rings (SSSR count). The third-order valence-electron chi connectivity index (χ3n) is 4.61. The quantitative estimate of drug-likeness (QED) is 0.445. The molecule has 138 valence electrons. The van der Waals surface area contributed by atoms with E-state index in [1.54, 1.807) is 43.3 Å². The van der Waals surface area contributed by atoms with E-state index in [1.165, 1.54) is 12.5 Å². The fraction of sp³-hybridized carbons (Fsp3) is 0.450. The molecule has 0 radical (unpaired) electrons. The molecule has 0 atom stereocenters. The van der Waals surface area contributed by atoms with Gasteiger partial charge in [0.1, 0.15) is 17.4 Å². The van der Waals surface area contributed by atoms with Crippen molar-refractivity contribution in [3.63, 3.8) is 0 Å². The van der Waals surface area contributed by atoms with Gasteiger partial charge in [0, 0.05) is 13.1 Å². The second-order valence-electron chi connectivity index (χ2n) is 6.32. The molecule has 0 N–H and O–H groups in total. The molecule has 6 nitrogen and oxygen atoms in total. The van der Waals surface area contributed by atoms with Crippen LogP contribution in [0.5, 0.6) is 5.75 Å². The predicted molar refractivity (Wildman–Crippen MR) is 97.2 cm³/mol. The van der Waals surface area contributed by atoms with Gasteiger partial charge in [0.2, 0.25) is 0 Å². The SMILES string of the molecule is COc1ccc(/C=C(/C#N)C(=O)OCC(=O)N(C)C2CCCCC2)cc1. The number of hydrogen-bond acceptors (Lipinski definition) is 5. The van der Waals surface area contributed by atoms with Crippen LogP contribution in [0.3, 0.4) is 0 Å². The highest BCUT2D eigenvalue weighted by molar-refractivity contribution is 5.98. The molecule has 1 aromatic carbocycles. The summed E-state index contributed by atoms with van der Waals surface area (Å²) < 4.78 is 10.1. The van der Waals surface area contributed by atoms with E-state index in [1.807, 2.05) is 6.07 Å². The third-order valence-corrected chi connectivity index (χ3v) is 4.61. The first-order valence-electron chi connectivity index (χ1n) is 8.73. The number of rotatable bonds is 6. The fourth-order valence-corrected chi connectivity index (χ4v) is 2.98. The minimum atomic E-state index is -0.797. The molecule has 1 amide bonds. The number of nitrogens with zero attached hydrogens (tertiary/aromatic N) is 2. The van der Waals surface area contributed by atoms with Gasteiger partial charge in [0.05, 0.1) is 7.11 Å². The zero-order valence-electron chi connectivity index (χ0n) is 15.2. The molecule has 0 bridgehead atoms. The zero-order chi connectivity index (χ0) is 18.9. The first-order chi connectivity index (χ1) is 12.5. The van der Waals surface area contributed by atoms with Crippen molar-refractivity contribution < 1.29 is 19.1 Å². The van der Waals surface area contributed by atoms with Crippen LogP contribution in [0, 0.1) is 11.3 Å². The summed E-state index contributed by atoms with van der Waals surface area (Å²) in [7, 11) is 3.30. The summed E-state index contributed by atoms with van der Waals surface area (Å²) in [6.07, 6.45) is 6.83. The molecule has 26 heavy (non-hydrogen) atoms. The highest BCUT2D eigenvalue weighted by Crippen LogP contribution is 2.21. The van der Waals surface area contributed by atoms with Crippen LogP contribution in [-0.2, 0) is 14.3 Å². The highest BCUT2D eigenvalue weighted by Gasteiger charge is 2.23. The summed E-state index contributed by atoms with van der Waals surface area (Å²) in [5.41, 5.74) is 0.522. The molecule has 0 spiro atoms. The van der Waals surface area contributed by atoms with E-state index >= 15 is 0 Å². The van der Waals surface area contributed by atoms with Crippen molar-refractivity contribution >= 4 is 18.0 Å². The summed E-state index contributed by atoms with van der Waals surface area (Å²) in [6.45, 7) is -0.354. The maximum absolute atomic E-state index is 12.2. The monoisotopic (exact) mass is 356 g/mol. The molecule has 1 aliphatic carbocycles. The van der Waals surface area contributed by atoms with E-state index in [2.05, 4.69) is 0 Å². The normalized spacial score (nSPS) is 15.0. The van der Waals surface area contributed by atoms with Gasteiger partial charge >= 0.3 is 5.97 Å². The van der Waals surface area contributed by atoms with Crippen LogP contribution in [0.4, 0.5) is 0 Å². The lowest BCUT2D eigenvalue weighted by Gasteiger charge is -2.31. The summed E-state index contributed by atoms with van der Waals surface area (Å²) in [4.78, 5) is 26.0. The lowest BCUT2D eigenvalue weighted by atomic mass is 9.94. The molecule has 1 aromatic rings. The number of benzene rings is 1. The van der Waals surface area contributed by atoms with E-state index in [9.17, 15) is 14.9 Å². The van der Waals surface area contributed by atoms with Crippen molar-refractivity contribution in [2.45, 2.75) is 38.1 Å². The van der Waals surface area contributed by atoms with Crippen molar-refractivity contribution in [2.75, 3.05) is 20.8 Å².